The molecule has 5 rings (SSSR count). The molecule has 1 heterocycles. The van der Waals surface area contributed by atoms with Gasteiger partial charge in [-0.3, -0.25) is 9.59 Å². The van der Waals surface area contributed by atoms with Gasteiger partial charge in [-0.15, -0.1) is 0 Å². The minimum Gasteiger partial charge on any atom is -0.488 e. The maximum absolute atomic E-state index is 13.4. The molecule has 0 bridgehead atoms. The summed E-state index contributed by atoms with van der Waals surface area (Å²) < 4.78 is 6.52. The van der Waals surface area contributed by atoms with Gasteiger partial charge in [0.1, 0.15) is 11.9 Å². The molecule has 1 saturated carbocycles. The number of aliphatic hydroxyl groups is 1. The quantitative estimate of drug-likeness (QED) is 0.396. The average molecular weight is 559 g/mol. The zero-order valence-electron chi connectivity index (χ0n) is 23.8. The normalized spacial score (nSPS) is 19.7. The van der Waals surface area contributed by atoms with Crippen LogP contribution in [0.25, 0.3) is 10.8 Å². The fourth-order valence-electron chi connectivity index (χ4n) is 5.21. The van der Waals surface area contributed by atoms with Gasteiger partial charge >= 0.3 is 6.03 Å². The van der Waals surface area contributed by atoms with Crippen molar-refractivity contribution in [3.8, 4) is 5.75 Å². The first-order valence-electron chi connectivity index (χ1n) is 14.2. The van der Waals surface area contributed by atoms with Gasteiger partial charge in [-0.05, 0) is 49.4 Å². The molecule has 3 atom stereocenters. The molecule has 3 aromatic carbocycles. The number of urea groups is 1. The fraction of sp³-hybridized carbons (Fsp3) is 0.406. The van der Waals surface area contributed by atoms with Crippen LogP contribution in [0.3, 0.4) is 0 Å². The first-order valence-corrected chi connectivity index (χ1v) is 14.2. The number of carbonyl (C=O) groups is 3. The maximum atomic E-state index is 13.4. The van der Waals surface area contributed by atoms with Gasteiger partial charge in [0.15, 0.2) is 0 Å². The van der Waals surface area contributed by atoms with E-state index in [4.69, 9.17) is 4.74 Å². The summed E-state index contributed by atoms with van der Waals surface area (Å²) in [7, 11) is 1.72. The number of carbonyl (C=O) groups excluding carboxylic acids is 3. The Balaban J connectivity index is 1.38. The summed E-state index contributed by atoms with van der Waals surface area (Å²) in [5.41, 5.74) is 2.00. The molecule has 2 aliphatic rings. The molecule has 1 fully saturated rings. The number of aliphatic hydroxyl groups excluding tert-OH is 1. The zero-order valence-corrected chi connectivity index (χ0v) is 23.8. The molecule has 9 nitrogen and oxygen atoms in total. The number of nitrogens with zero attached hydrogens (tertiary/aromatic N) is 2. The molecule has 4 amide bonds. The molecular weight excluding hydrogens is 520 g/mol. The first-order chi connectivity index (χ1) is 19.7. The molecule has 0 radical (unpaired) electrons. The summed E-state index contributed by atoms with van der Waals surface area (Å²) in [4.78, 5) is 42.4. The molecule has 0 aromatic heterocycles. The molecule has 1 aliphatic carbocycles. The molecular formula is C32H38N4O5. The number of hydrogen-bond acceptors (Lipinski definition) is 5. The number of fused-ring (bicyclic) bond motifs is 2. The number of likely N-dealkylation sites (N-methyl/N-ethyl adjacent to an activating group) is 1. The highest BCUT2D eigenvalue weighted by atomic mass is 16.5. The lowest BCUT2D eigenvalue weighted by atomic mass is 10.0. The topological polar surface area (TPSA) is 111 Å². The van der Waals surface area contributed by atoms with E-state index in [1.807, 2.05) is 56.3 Å². The standard InChI is InChI=1S/C32H38N4O5/c1-20-17-36(21(2)19-37)30(38)16-24-15-25(33-31(39)23-11-12-23)13-14-28(24)41-29(20)18-35(3)32(40)34-27-10-6-8-22-7-4-5-9-26(22)27/h4-10,13-15,20-21,23,29,37H,11-12,16-19H2,1-3H3,(H,33,39)(H,34,40)/t20-,21+,29+/m1/s1. The Morgan fingerprint density at radius 2 is 1.85 bits per heavy atom. The van der Waals surface area contributed by atoms with E-state index in [1.54, 1.807) is 35.0 Å². The highest BCUT2D eigenvalue weighted by Crippen LogP contribution is 2.33. The minimum absolute atomic E-state index is 0.0129. The van der Waals surface area contributed by atoms with E-state index in [2.05, 4.69) is 10.6 Å². The molecule has 1 aliphatic heterocycles. The van der Waals surface area contributed by atoms with E-state index in [-0.39, 0.29) is 55.3 Å². The molecule has 0 saturated heterocycles. The fourth-order valence-corrected chi connectivity index (χ4v) is 5.21. The SMILES string of the molecule is C[C@@H]1CN([C@@H](C)CO)C(=O)Cc2cc(NC(=O)C3CC3)ccc2O[C@H]1CN(C)C(=O)Nc1cccc2ccccc12. The van der Waals surface area contributed by atoms with Crippen LogP contribution in [0.1, 0.15) is 32.3 Å². The third-order valence-electron chi connectivity index (χ3n) is 7.96. The lowest BCUT2D eigenvalue weighted by molar-refractivity contribution is -0.134. The monoisotopic (exact) mass is 558 g/mol. The van der Waals surface area contributed by atoms with Crippen LogP contribution in [0.15, 0.2) is 60.7 Å². The van der Waals surface area contributed by atoms with Crippen molar-refractivity contribution in [2.45, 2.75) is 45.3 Å². The van der Waals surface area contributed by atoms with Crippen LogP contribution in [0, 0.1) is 11.8 Å². The Labute approximate surface area is 240 Å². The Kier molecular flexibility index (Phi) is 8.44. The van der Waals surface area contributed by atoms with Gasteiger partial charge in [0.2, 0.25) is 11.8 Å². The summed E-state index contributed by atoms with van der Waals surface area (Å²) in [6, 6.07) is 18.4. The molecule has 216 valence electrons. The minimum atomic E-state index is -0.441. The van der Waals surface area contributed by atoms with Crippen molar-refractivity contribution in [3.05, 3.63) is 66.2 Å². The summed E-state index contributed by atoms with van der Waals surface area (Å²) in [6.07, 6.45) is 1.42. The third-order valence-corrected chi connectivity index (χ3v) is 7.96. The van der Waals surface area contributed by atoms with Gasteiger partial charge in [0.25, 0.3) is 0 Å². The smallest absolute Gasteiger partial charge is 0.321 e. The van der Waals surface area contributed by atoms with Crippen LogP contribution in [0.4, 0.5) is 16.2 Å². The molecule has 0 unspecified atom stereocenters. The first kappa shape index (κ1) is 28.4. The van der Waals surface area contributed by atoms with E-state index in [0.717, 1.165) is 29.3 Å². The van der Waals surface area contributed by atoms with E-state index >= 15 is 0 Å². The van der Waals surface area contributed by atoms with Crippen molar-refractivity contribution in [3.63, 3.8) is 0 Å². The number of rotatable bonds is 7. The maximum Gasteiger partial charge on any atom is 0.321 e. The van der Waals surface area contributed by atoms with Crippen LogP contribution < -0.4 is 15.4 Å². The lowest BCUT2D eigenvalue weighted by Gasteiger charge is -2.34. The summed E-state index contributed by atoms with van der Waals surface area (Å²) in [6.45, 7) is 4.27. The second kappa shape index (κ2) is 12.2. The predicted molar refractivity (Wildman–Crippen MR) is 159 cm³/mol. The molecule has 9 heteroatoms. The van der Waals surface area contributed by atoms with Crippen molar-refractivity contribution in [1.29, 1.82) is 0 Å². The Morgan fingerprint density at radius 3 is 2.61 bits per heavy atom. The summed E-state index contributed by atoms with van der Waals surface area (Å²) >= 11 is 0. The highest BCUT2D eigenvalue weighted by molar-refractivity contribution is 6.01. The van der Waals surface area contributed by atoms with Crippen LogP contribution in [0.5, 0.6) is 5.75 Å². The Bertz CT molecular complexity index is 1430. The average Bonchev–Trinajstić information content (AvgIpc) is 3.81. The van der Waals surface area contributed by atoms with Crippen LogP contribution >= 0.6 is 0 Å². The number of hydrogen-bond donors (Lipinski definition) is 3. The largest absolute Gasteiger partial charge is 0.488 e. The molecule has 0 spiro atoms. The van der Waals surface area contributed by atoms with Gasteiger partial charge in [-0.2, -0.15) is 0 Å². The van der Waals surface area contributed by atoms with Gasteiger partial charge in [0.05, 0.1) is 31.3 Å². The highest BCUT2D eigenvalue weighted by Gasteiger charge is 2.33. The predicted octanol–water partition coefficient (Wildman–Crippen LogP) is 4.50. The van der Waals surface area contributed by atoms with Gasteiger partial charge in [-0.1, -0.05) is 43.3 Å². The summed E-state index contributed by atoms with van der Waals surface area (Å²) in [5.74, 6) is 0.305. The van der Waals surface area contributed by atoms with Crippen LogP contribution in [-0.2, 0) is 16.0 Å². The number of anilines is 2. The number of benzene rings is 3. The van der Waals surface area contributed by atoms with Gasteiger partial charge < -0.3 is 30.3 Å². The zero-order chi connectivity index (χ0) is 29.1. The van der Waals surface area contributed by atoms with Gasteiger partial charge in [-0.25, -0.2) is 4.79 Å². The van der Waals surface area contributed by atoms with Crippen LogP contribution in [0.2, 0.25) is 0 Å². The Morgan fingerprint density at radius 1 is 1.10 bits per heavy atom. The van der Waals surface area contributed by atoms with Crippen molar-refractivity contribution in [2.75, 3.05) is 37.4 Å². The molecule has 41 heavy (non-hydrogen) atoms. The molecule has 3 N–H and O–H groups in total. The van der Waals surface area contributed by atoms with E-state index in [9.17, 15) is 19.5 Å². The second-order valence-corrected chi connectivity index (χ2v) is 11.3. The van der Waals surface area contributed by atoms with E-state index in [1.165, 1.54) is 0 Å². The number of ether oxygens (including phenoxy) is 1. The van der Waals surface area contributed by atoms with Crippen LogP contribution in [-0.4, -0.2) is 71.6 Å². The van der Waals surface area contributed by atoms with E-state index in [0.29, 0.717) is 23.5 Å². The van der Waals surface area contributed by atoms with E-state index < -0.39 is 6.10 Å². The molecule has 3 aromatic rings. The lowest BCUT2D eigenvalue weighted by Crippen LogP contribution is -2.48. The second-order valence-electron chi connectivity index (χ2n) is 11.3. The Hall–Kier alpha value is -4.11. The van der Waals surface area contributed by atoms with Crippen molar-refractivity contribution < 1.29 is 24.2 Å². The summed E-state index contributed by atoms with van der Waals surface area (Å²) in [5, 5.41) is 17.8. The van der Waals surface area contributed by atoms with Crippen molar-refractivity contribution in [2.24, 2.45) is 11.8 Å². The van der Waals surface area contributed by atoms with Gasteiger partial charge in [0, 0.05) is 42.1 Å². The van der Waals surface area contributed by atoms with Crippen molar-refractivity contribution >= 4 is 40.0 Å². The number of nitrogens with one attached hydrogen (secondary N) is 2. The third kappa shape index (κ3) is 6.62. The number of amides is 4. The van der Waals surface area contributed by atoms with Crippen molar-refractivity contribution in [1.82, 2.24) is 9.80 Å².